The van der Waals surface area contributed by atoms with Crippen LogP contribution in [0.2, 0.25) is 10.0 Å². The number of nitrogens with one attached hydrogen (secondary N) is 2. The molecular formula is C21H17Cl2N3O2. The first kappa shape index (κ1) is 19.9. The first-order chi connectivity index (χ1) is 13.5. The molecule has 0 spiro atoms. The fourth-order valence-corrected chi connectivity index (χ4v) is 3.08. The van der Waals surface area contributed by atoms with Gasteiger partial charge in [0, 0.05) is 23.4 Å². The van der Waals surface area contributed by atoms with Crippen molar-refractivity contribution in [2.75, 3.05) is 5.32 Å². The van der Waals surface area contributed by atoms with Crippen LogP contribution in [0.5, 0.6) is 0 Å². The standard InChI is InChI=1S/C21H17Cl2N3O2/c22-16-8-9-19(18(23)12-16)25-20(27)10-11-21(28)26-24-13-15-6-3-5-14-4-1-2-7-17(14)15/h1-9,12-13H,10-11H2,(H,25,27)(H,26,28). The zero-order valence-corrected chi connectivity index (χ0v) is 16.3. The Morgan fingerprint density at radius 1 is 0.929 bits per heavy atom. The van der Waals surface area contributed by atoms with E-state index < -0.39 is 0 Å². The molecule has 0 aliphatic rings. The summed E-state index contributed by atoms with van der Waals surface area (Å²) in [6.45, 7) is 0. The highest BCUT2D eigenvalue weighted by Crippen LogP contribution is 2.25. The lowest BCUT2D eigenvalue weighted by Gasteiger charge is -2.07. The topological polar surface area (TPSA) is 70.6 Å². The van der Waals surface area contributed by atoms with Crippen molar-refractivity contribution in [2.24, 2.45) is 5.10 Å². The lowest BCUT2D eigenvalue weighted by atomic mass is 10.1. The summed E-state index contributed by atoms with van der Waals surface area (Å²) in [6.07, 6.45) is 1.60. The lowest BCUT2D eigenvalue weighted by Crippen LogP contribution is -2.20. The summed E-state index contributed by atoms with van der Waals surface area (Å²) in [5.41, 5.74) is 3.79. The van der Waals surface area contributed by atoms with E-state index in [0.29, 0.717) is 15.7 Å². The Morgan fingerprint density at radius 3 is 2.50 bits per heavy atom. The van der Waals surface area contributed by atoms with Crippen molar-refractivity contribution < 1.29 is 9.59 Å². The number of carbonyl (C=O) groups excluding carboxylic acids is 2. The minimum absolute atomic E-state index is 0.00389. The molecule has 2 N–H and O–H groups in total. The van der Waals surface area contributed by atoms with E-state index in [1.54, 1.807) is 18.3 Å². The number of carbonyl (C=O) groups is 2. The van der Waals surface area contributed by atoms with Crippen LogP contribution in [0.4, 0.5) is 5.69 Å². The quantitative estimate of drug-likeness (QED) is 0.440. The van der Waals surface area contributed by atoms with E-state index in [4.69, 9.17) is 23.2 Å². The number of hydrogen-bond donors (Lipinski definition) is 2. The molecule has 7 heteroatoms. The van der Waals surface area contributed by atoms with Gasteiger partial charge in [0.15, 0.2) is 0 Å². The summed E-state index contributed by atoms with van der Waals surface area (Å²) in [7, 11) is 0. The third kappa shape index (κ3) is 5.31. The van der Waals surface area contributed by atoms with E-state index in [-0.39, 0.29) is 24.7 Å². The minimum Gasteiger partial charge on any atom is -0.325 e. The zero-order chi connectivity index (χ0) is 19.9. The largest absolute Gasteiger partial charge is 0.325 e. The van der Waals surface area contributed by atoms with Crippen molar-refractivity contribution in [1.29, 1.82) is 0 Å². The van der Waals surface area contributed by atoms with Gasteiger partial charge in [-0.2, -0.15) is 5.10 Å². The van der Waals surface area contributed by atoms with Gasteiger partial charge in [0.25, 0.3) is 0 Å². The molecule has 0 aliphatic heterocycles. The SMILES string of the molecule is O=C(CCC(=O)Nc1ccc(Cl)cc1Cl)NN=Cc1cccc2ccccc12. The van der Waals surface area contributed by atoms with Crippen molar-refractivity contribution in [3.63, 3.8) is 0 Å². The maximum Gasteiger partial charge on any atom is 0.240 e. The fraction of sp³-hybridized carbons (Fsp3) is 0.0952. The van der Waals surface area contributed by atoms with Crippen molar-refractivity contribution >= 4 is 57.7 Å². The first-order valence-corrected chi connectivity index (χ1v) is 9.33. The second-order valence-corrected chi connectivity index (χ2v) is 6.88. The van der Waals surface area contributed by atoms with Crippen LogP contribution >= 0.6 is 23.2 Å². The van der Waals surface area contributed by atoms with E-state index in [1.165, 1.54) is 6.07 Å². The summed E-state index contributed by atoms with van der Waals surface area (Å²) in [6, 6.07) is 18.5. The third-order valence-corrected chi connectivity index (χ3v) is 4.55. The van der Waals surface area contributed by atoms with Gasteiger partial charge in [-0.25, -0.2) is 5.43 Å². The second-order valence-electron chi connectivity index (χ2n) is 6.03. The highest BCUT2D eigenvalue weighted by Gasteiger charge is 2.09. The van der Waals surface area contributed by atoms with E-state index >= 15 is 0 Å². The van der Waals surface area contributed by atoms with Gasteiger partial charge in [0.2, 0.25) is 11.8 Å². The number of benzene rings is 3. The molecule has 0 aromatic heterocycles. The normalized spacial score (nSPS) is 10.9. The number of fused-ring (bicyclic) bond motifs is 1. The van der Waals surface area contributed by atoms with Crippen LogP contribution in [0.25, 0.3) is 10.8 Å². The number of anilines is 1. The second kappa shape index (κ2) is 9.35. The molecular weight excluding hydrogens is 397 g/mol. The summed E-state index contributed by atoms with van der Waals surface area (Å²) in [4.78, 5) is 23.9. The Kier molecular flexibility index (Phi) is 6.63. The number of nitrogens with zero attached hydrogens (tertiary/aromatic N) is 1. The number of rotatable bonds is 6. The molecule has 2 amide bonds. The van der Waals surface area contributed by atoms with Gasteiger partial charge in [0.05, 0.1) is 16.9 Å². The number of halogens is 2. The molecule has 0 saturated heterocycles. The molecule has 5 nitrogen and oxygen atoms in total. The highest BCUT2D eigenvalue weighted by molar-refractivity contribution is 6.36. The highest BCUT2D eigenvalue weighted by atomic mass is 35.5. The summed E-state index contributed by atoms with van der Waals surface area (Å²) in [5.74, 6) is -0.675. The molecule has 0 bridgehead atoms. The number of hydrazone groups is 1. The maximum atomic E-state index is 12.0. The van der Waals surface area contributed by atoms with Gasteiger partial charge in [-0.3, -0.25) is 9.59 Å². The van der Waals surface area contributed by atoms with Gasteiger partial charge in [0.1, 0.15) is 0 Å². The molecule has 3 aromatic carbocycles. The Labute approximate surface area is 172 Å². The van der Waals surface area contributed by atoms with E-state index in [1.807, 2.05) is 42.5 Å². The summed E-state index contributed by atoms with van der Waals surface area (Å²) >= 11 is 11.8. The Hall–Kier alpha value is -2.89. The van der Waals surface area contributed by atoms with Crippen LogP contribution in [0.1, 0.15) is 18.4 Å². The monoisotopic (exact) mass is 413 g/mol. The van der Waals surface area contributed by atoms with E-state index in [0.717, 1.165) is 16.3 Å². The van der Waals surface area contributed by atoms with Crippen LogP contribution in [0.3, 0.4) is 0 Å². The van der Waals surface area contributed by atoms with E-state index in [9.17, 15) is 9.59 Å². The molecule has 0 atom stereocenters. The molecule has 0 unspecified atom stereocenters. The summed E-state index contributed by atoms with van der Waals surface area (Å²) < 4.78 is 0. The van der Waals surface area contributed by atoms with Gasteiger partial charge in [-0.1, -0.05) is 65.7 Å². The van der Waals surface area contributed by atoms with Gasteiger partial charge < -0.3 is 5.32 Å². The van der Waals surface area contributed by atoms with Gasteiger partial charge in [-0.15, -0.1) is 0 Å². The molecule has 142 valence electrons. The predicted octanol–water partition coefficient (Wildman–Crippen LogP) is 5.02. The molecule has 0 saturated carbocycles. The predicted molar refractivity (Wildman–Crippen MR) is 114 cm³/mol. The molecule has 28 heavy (non-hydrogen) atoms. The van der Waals surface area contributed by atoms with Crippen molar-refractivity contribution in [2.45, 2.75) is 12.8 Å². The molecule has 0 fully saturated rings. The van der Waals surface area contributed by atoms with Crippen LogP contribution < -0.4 is 10.7 Å². The van der Waals surface area contributed by atoms with E-state index in [2.05, 4.69) is 15.8 Å². The first-order valence-electron chi connectivity index (χ1n) is 8.57. The van der Waals surface area contributed by atoms with Crippen LogP contribution in [0.15, 0.2) is 65.8 Å². The van der Waals surface area contributed by atoms with Crippen LogP contribution in [-0.2, 0) is 9.59 Å². The molecule has 0 heterocycles. The molecule has 3 aromatic rings. The Bertz CT molecular complexity index is 1050. The maximum absolute atomic E-state index is 12.0. The number of hydrogen-bond acceptors (Lipinski definition) is 3. The molecule has 0 radical (unpaired) electrons. The Morgan fingerprint density at radius 2 is 1.68 bits per heavy atom. The van der Waals surface area contributed by atoms with Gasteiger partial charge >= 0.3 is 0 Å². The smallest absolute Gasteiger partial charge is 0.240 e. The minimum atomic E-state index is -0.353. The third-order valence-electron chi connectivity index (χ3n) is 4.00. The van der Waals surface area contributed by atoms with Crippen molar-refractivity contribution in [3.8, 4) is 0 Å². The Balaban J connectivity index is 1.50. The molecule has 3 rings (SSSR count). The van der Waals surface area contributed by atoms with Crippen molar-refractivity contribution in [1.82, 2.24) is 5.43 Å². The number of amides is 2. The van der Waals surface area contributed by atoms with Crippen LogP contribution in [-0.4, -0.2) is 18.0 Å². The fourth-order valence-electron chi connectivity index (χ4n) is 2.62. The average Bonchev–Trinajstić information content (AvgIpc) is 2.69. The summed E-state index contributed by atoms with van der Waals surface area (Å²) in [5, 5.41) is 9.59. The average molecular weight is 414 g/mol. The van der Waals surface area contributed by atoms with Gasteiger partial charge in [-0.05, 0) is 29.0 Å². The van der Waals surface area contributed by atoms with Crippen LogP contribution in [0, 0.1) is 0 Å². The van der Waals surface area contributed by atoms with Crippen molar-refractivity contribution in [3.05, 3.63) is 76.3 Å². The lowest BCUT2D eigenvalue weighted by molar-refractivity contribution is -0.124. The molecule has 0 aliphatic carbocycles. The zero-order valence-electron chi connectivity index (χ0n) is 14.8.